The van der Waals surface area contributed by atoms with Crippen molar-refractivity contribution in [1.29, 1.82) is 0 Å². The molecule has 0 spiro atoms. The second-order valence-corrected chi connectivity index (χ2v) is 5.69. The number of amidine groups is 1. The van der Waals surface area contributed by atoms with Gasteiger partial charge in [0.15, 0.2) is 0 Å². The molecule has 18 heavy (non-hydrogen) atoms. The van der Waals surface area contributed by atoms with Gasteiger partial charge in [0.2, 0.25) is 0 Å². The van der Waals surface area contributed by atoms with Crippen molar-refractivity contribution >= 4 is 28.7 Å². The number of hydrogen-bond acceptors (Lipinski definition) is 4. The lowest BCUT2D eigenvalue weighted by Gasteiger charge is -2.19. The molecule has 6 heteroatoms. The molecule has 0 rings (SSSR count). The Morgan fingerprint density at radius 2 is 1.94 bits per heavy atom. The summed E-state index contributed by atoms with van der Waals surface area (Å²) in [4.78, 5) is 19.8. The Balaban J connectivity index is 3.93. The third-order valence-electron chi connectivity index (χ3n) is 1.74. The molecule has 0 unspecified atom stereocenters. The van der Waals surface area contributed by atoms with Crippen LogP contribution in [0.25, 0.3) is 0 Å². The summed E-state index contributed by atoms with van der Waals surface area (Å²) in [5, 5.41) is 3.61. The summed E-state index contributed by atoms with van der Waals surface area (Å²) >= 11 is 1.58. The number of rotatable bonds is 3. The Bertz CT molecular complexity index is 333. The van der Waals surface area contributed by atoms with Gasteiger partial charge in [0.25, 0.3) is 0 Å². The normalized spacial score (nSPS) is 13.4. The Morgan fingerprint density at radius 1 is 1.33 bits per heavy atom. The third kappa shape index (κ3) is 10.1. The minimum Gasteiger partial charge on any atom is -0.444 e. The molecule has 0 aliphatic heterocycles. The van der Waals surface area contributed by atoms with Crippen molar-refractivity contribution < 1.29 is 9.53 Å². The number of amides is 1. The molecule has 0 bridgehead atoms. The molecule has 0 aliphatic rings. The summed E-state index contributed by atoms with van der Waals surface area (Å²) < 4.78 is 5.10. The number of carbonyl (C=O) groups is 1. The molecular weight excluding hydrogens is 250 g/mol. The fourth-order valence-electron chi connectivity index (χ4n) is 0.999. The average Bonchev–Trinajstić information content (AvgIpc) is 2.21. The van der Waals surface area contributed by atoms with Crippen molar-refractivity contribution in [2.24, 2.45) is 9.98 Å². The average molecular weight is 273 g/mol. The molecule has 1 N–H and O–H groups in total. The molecule has 0 aromatic heterocycles. The Hall–Kier alpha value is -1.04. The number of nitrogens with zero attached hydrogens (tertiary/aromatic N) is 2. The van der Waals surface area contributed by atoms with Crippen molar-refractivity contribution in [3.63, 3.8) is 0 Å². The standard InChI is InChI=1S/C12H23N3O2S/c1-9(15-10(2)18-6)13-7-8-14-11(16)17-12(3,4)5/h7-8H2,1-6H3,(H,14,16). The molecule has 0 saturated heterocycles. The number of alkyl carbamates (subject to hydrolysis) is 1. The quantitative estimate of drug-likeness (QED) is 0.488. The van der Waals surface area contributed by atoms with Crippen molar-refractivity contribution in [3.8, 4) is 0 Å². The van der Waals surface area contributed by atoms with Crippen LogP contribution in [0.15, 0.2) is 9.98 Å². The number of carbonyl (C=O) groups excluding carboxylic acids is 1. The highest BCUT2D eigenvalue weighted by molar-refractivity contribution is 8.13. The lowest BCUT2D eigenvalue weighted by Crippen LogP contribution is -2.33. The van der Waals surface area contributed by atoms with Crippen molar-refractivity contribution in [2.45, 2.75) is 40.2 Å². The maximum Gasteiger partial charge on any atom is 0.407 e. The first kappa shape index (κ1) is 17.0. The van der Waals surface area contributed by atoms with E-state index >= 15 is 0 Å². The molecule has 0 radical (unpaired) electrons. The molecule has 0 saturated carbocycles. The lowest BCUT2D eigenvalue weighted by molar-refractivity contribution is 0.0529. The van der Waals surface area contributed by atoms with E-state index in [0.29, 0.717) is 18.9 Å². The number of hydrogen-bond donors (Lipinski definition) is 1. The van der Waals surface area contributed by atoms with Crippen LogP contribution in [0.2, 0.25) is 0 Å². The predicted octanol–water partition coefficient (Wildman–Crippen LogP) is 2.71. The van der Waals surface area contributed by atoms with Gasteiger partial charge in [-0.15, -0.1) is 11.8 Å². The number of ether oxygens (including phenoxy) is 1. The zero-order valence-electron chi connectivity index (χ0n) is 12.0. The van der Waals surface area contributed by atoms with Crippen LogP contribution in [0.5, 0.6) is 0 Å². The van der Waals surface area contributed by atoms with Gasteiger partial charge in [-0.3, -0.25) is 4.99 Å². The molecule has 5 nitrogen and oxygen atoms in total. The molecule has 0 atom stereocenters. The highest BCUT2D eigenvalue weighted by atomic mass is 32.2. The van der Waals surface area contributed by atoms with Gasteiger partial charge in [0, 0.05) is 6.54 Å². The number of nitrogens with one attached hydrogen (secondary N) is 1. The van der Waals surface area contributed by atoms with Gasteiger partial charge in [0.05, 0.1) is 11.6 Å². The fraction of sp³-hybridized carbons (Fsp3) is 0.750. The summed E-state index contributed by atoms with van der Waals surface area (Å²) in [6, 6.07) is 0. The van der Waals surface area contributed by atoms with Gasteiger partial charge in [-0.05, 0) is 40.9 Å². The Morgan fingerprint density at radius 3 is 2.44 bits per heavy atom. The zero-order chi connectivity index (χ0) is 14.2. The number of aliphatic imine (C=N–C) groups is 2. The van der Waals surface area contributed by atoms with E-state index < -0.39 is 11.7 Å². The third-order valence-corrected chi connectivity index (χ3v) is 2.42. The first-order chi connectivity index (χ1) is 8.24. The summed E-state index contributed by atoms with van der Waals surface area (Å²) in [5.41, 5.74) is -0.469. The summed E-state index contributed by atoms with van der Waals surface area (Å²) in [6.07, 6.45) is 1.55. The Labute approximate surface area is 113 Å². The lowest BCUT2D eigenvalue weighted by atomic mass is 10.2. The van der Waals surface area contributed by atoms with Gasteiger partial charge in [0.1, 0.15) is 11.4 Å². The van der Waals surface area contributed by atoms with Gasteiger partial charge in [-0.25, -0.2) is 9.79 Å². The van der Waals surface area contributed by atoms with Crippen LogP contribution in [0.3, 0.4) is 0 Å². The highest BCUT2D eigenvalue weighted by Crippen LogP contribution is 2.06. The maximum atomic E-state index is 11.3. The van der Waals surface area contributed by atoms with Crippen molar-refractivity contribution in [3.05, 3.63) is 0 Å². The van der Waals surface area contributed by atoms with Gasteiger partial charge in [-0.1, -0.05) is 0 Å². The highest BCUT2D eigenvalue weighted by Gasteiger charge is 2.15. The SMILES string of the molecule is CSC(C)=NC(C)=NCCNC(=O)OC(C)(C)C. The second-order valence-electron chi connectivity index (χ2n) is 4.69. The van der Waals surface area contributed by atoms with Crippen LogP contribution in [-0.2, 0) is 4.74 Å². The van der Waals surface area contributed by atoms with E-state index in [4.69, 9.17) is 4.74 Å². The molecule has 0 aliphatic carbocycles. The molecule has 0 aromatic carbocycles. The molecule has 0 fully saturated rings. The minimum absolute atomic E-state index is 0.417. The fourth-order valence-corrected chi connectivity index (χ4v) is 1.22. The van der Waals surface area contributed by atoms with E-state index in [2.05, 4.69) is 15.3 Å². The van der Waals surface area contributed by atoms with Gasteiger partial charge in [-0.2, -0.15) is 0 Å². The largest absolute Gasteiger partial charge is 0.444 e. The topological polar surface area (TPSA) is 63.0 Å². The van der Waals surface area contributed by atoms with Crippen molar-refractivity contribution in [2.75, 3.05) is 19.3 Å². The number of thioether (sulfide) groups is 1. The summed E-state index contributed by atoms with van der Waals surface area (Å²) in [6.45, 7) is 10.2. The van der Waals surface area contributed by atoms with Crippen molar-refractivity contribution in [1.82, 2.24) is 5.32 Å². The minimum atomic E-state index is -0.469. The summed E-state index contributed by atoms with van der Waals surface area (Å²) in [5.74, 6) is 0.716. The zero-order valence-corrected chi connectivity index (χ0v) is 12.8. The van der Waals surface area contributed by atoms with E-state index in [1.165, 1.54) is 0 Å². The predicted molar refractivity (Wildman–Crippen MR) is 78.8 cm³/mol. The van der Waals surface area contributed by atoms with Gasteiger partial charge < -0.3 is 10.1 Å². The maximum absolute atomic E-state index is 11.3. The molecule has 0 aromatic rings. The van der Waals surface area contributed by atoms with E-state index in [-0.39, 0.29) is 0 Å². The van der Waals surface area contributed by atoms with Gasteiger partial charge >= 0.3 is 6.09 Å². The van der Waals surface area contributed by atoms with E-state index in [9.17, 15) is 4.79 Å². The molecule has 1 amide bonds. The summed E-state index contributed by atoms with van der Waals surface area (Å²) in [7, 11) is 0. The molecular formula is C12H23N3O2S. The first-order valence-electron chi connectivity index (χ1n) is 5.82. The van der Waals surface area contributed by atoms with Crippen LogP contribution >= 0.6 is 11.8 Å². The first-order valence-corrected chi connectivity index (χ1v) is 7.04. The van der Waals surface area contributed by atoms with Crippen LogP contribution in [-0.4, -0.2) is 41.9 Å². The van der Waals surface area contributed by atoms with Crippen LogP contribution in [0, 0.1) is 0 Å². The molecule has 104 valence electrons. The molecule has 0 heterocycles. The van der Waals surface area contributed by atoms with E-state index in [0.717, 1.165) is 5.04 Å². The monoisotopic (exact) mass is 273 g/mol. The van der Waals surface area contributed by atoms with E-state index in [1.54, 1.807) is 11.8 Å². The van der Waals surface area contributed by atoms with Crippen LogP contribution in [0.1, 0.15) is 34.6 Å². The van der Waals surface area contributed by atoms with Crippen LogP contribution in [0.4, 0.5) is 4.79 Å². The van der Waals surface area contributed by atoms with Crippen LogP contribution < -0.4 is 5.32 Å². The second kappa shape index (κ2) is 8.13. The van der Waals surface area contributed by atoms with E-state index in [1.807, 2.05) is 40.9 Å². The Kier molecular flexibility index (Phi) is 7.66. The smallest absolute Gasteiger partial charge is 0.407 e.